The average molecular weight is 475 g/mol. The number of hydrogen-bond acceptors (Lipinski definition) is 4. The molecule has 0 radical (unpaired) electrons. The zero-order chi connectivity index (χ0) is 23.2. The molecule has 33 heavy (non-hydrogen) atoms. The zero-order valence-electron chi connectivity index (χ0n) is 19.7. The molecular formula is C28H30N2OS2. The van der Waals surface area contributed by atoms with Crippen molar-refractivity contribution in [1.82, 2.24) is 9.55 Å². The molecule has 1 atom stereocenters. The summed E-state index contributed by atoms with van der Waals surface area (Å²) in [4.78, 5) is 21.4. The summed E-state index contributed by atoms with van der Waals surface area (Å²) in [5, 5.41) is 1.61. The van der Waals surface area contributed by atoms with Gasteiger partial charge in [0.1, 0.15) is 4.83 Å². The normalized spacial score (nSPS) is 16.2. The van der Waals surface area contributed by atoms with Gasteiger partial charge >= 0.3 is 0 Å². The summed E-state index contributed by atoms with van der Waals surface area (Å²) in [5.74, 6) is 1.42. The average Bonchev–Trinajstić information content (AvgIpc) is 3.15. The number of thiophene rings is 1. The van der Waals surface area contributed by atoms with Crippen LogP contribution in [-0.4, -0.2) is 9.55 Å². The fraction of sp³-hybridized carbons (Fsp3) is 0.357. The van der Waals surface area contributed by atoms with Crippen molar-refractivity contribution in [1.29, 1.82) is 0 Å². The first kappa shape index (κ1) is 22.4. The van der Waals surface area contributed by atoms with E-state index in [0.29, 0.717) is 5.92 Å². The molecule has 0 aliphatic heterocycles. The predicted molar refractivity (Wildman–Crippen MR) is 141 cm³/mol. The number of thioether (sulfide) groups is 1. The van der Waals surface area contributed by atoms with E-state index in [4.69, 9.17) is 4.98 Å². The van der Waals surface area contributed by atoms with Crippen LogP contribution in [0.4, 0.5) is 0 Å². The molecule has 0 saturated carbocycles. The monoisotopic (exact) mass is 474 g/mol. The van der Waals surface area contributed by atoms with Gasteiger partial charge in [0.05, 0.1) is 11.1 Å². The molecule has 5 heteroatoms. The lowest BCUT2D eigenvalue weighted by molar-refractivity contribution is 0.218. The maximum Gasteiger partial charge on any atom is 0.267 e. The van der Waals surface area contributed by atoms with Crippen LogP contribution in [0.3, 0.4) is 0 Å². The lowest BCUT2D eigenvalue weighted by Gasteiger charge is -2.33. The molecular weight excluding hydrogens is 444 g/mol. The van der Waals surface area contributed by atoms with E-state index in [9.17, 15) is 4.79 Å². The first-order chi connectivity index (χ1) is 15.8. The fourth-order valence-corrected chi connectivity index (χ4v) is 7.07. The van der Waals surface area contributed by atoms with Gasteiger partial charge < -0.3 is 0 Å². The van der Waals surface area contributed by atoms with Crippen LogP contribution in [0, 0.1) is 18.3 Å². The summed E-state index contributed by atoms with van der Waals surface area (Å²) in [5.41, 5.74) is 4.86. The summed E-state index contributed by atoms with van der Waals surface area (Å²) in [6.45, 7) is 9.06. The summed E-state index contributed by atoms with van der Waals surface area (Å²) in [6.07, 6.45) is 3.16. The second kappa shape index (κ2) is 8.77. The predicted octanol–water partition coefficient (Wildman–Crippen LogP) is 7.20. The number of nitrogens with zero attached hydrogens (tertiary/aromatic N) is 2. The first-order valence-corrected chi connectivity index (χ1v) is 13.4. The van der Waals surface area contributed by atoms with E-state index in [1.165, 1.54) is 16.0 Å². The van der Waals surface area contributed by atoms with Gasteiger partial charge in [-0.3, -0.25) is 9.36 Å². The molecule has 0 fully saturated rings. The van der Waals surface area contributed by atoms with Gasteiger partial charge in [-0.15, -0.1) is 11.3 Å². The third-order valence-corrected chi connectivity index (χ3v) is 8.91. The fourth-order valence-electron chi connectivity index (χ4n) is 4.76. The highest BCUT2D eigenvalue weighted by Gasteiger charge is 2.32. The molecule has 5 rings (SSSR count). The third-order valence-electron chi connectivity index (χ3n) is 6.75. The van der Waals surface area contributed by atoms with Crippen LogP contribution >= 0.6 is 23.1 Å². The van der Waals surface area contributed by atoms with Crippen LogP contribution in [0.25, 0.3) is 15.9 Å². The Morgan fingerprint density at radius 1 is 1.12 bits per heavy atom. The summed E-state index contributed by atoms with van der Waals surface area (Å²) in [6, 6.07) is 18.6. The minimum absolute atomic E-state index is 0.0767. The van der Waals surface area contributed by atoms with Crippen molar-refractivity contribution in [2.24, 2.45) is 11.3 Å². The zero-order valence-corrected chi connectivity index (χ0v) is 21.4. The number of benzene rings is 2. The van der Waals surface area contributed by atoms with Crippen LogP contribution in [0.15, 0.2) is 64.5 Å². The highest BCUT2D eigenvalue weighted by atomic mass is 32.2. The third kappa shape index (κ3) is 4.41. The SMILES string of the molecule is Cc1cccc(-n2c(SCc3ccccc3)nc3sc4c(c3c2=O)CCC(C(C)(C)C)C4)c1. The maximum absolute atomic E-state index is 14.0. The summed E-state index contributed by atoms with van der Waals surface area (Å²) in [7, 11) is 0. The first-order valence-electron chi connectivity index (χ1n) is 11.6. The van der Waals surface area contributed by atoms with Crippen LogP contribution in [0.5, 0.6) is 0 Å². The molecule has 170 valence electrons. The van der Waals surface area contributed by atoms with Crippen molar-refractivity contribution < 1.29 is 0 Å². The van der Waals surface area contributed by atoms with Crippen molar-refractivity contribution in [2.45, 2.75) is 57.9 Å². The van der Waals surface area contributed by atoms with E-state index < -0.39 is 0 Å². The number of rotatable bonds is 4. The lowest BCUT2D eigenvalue weighted by Crippen LogP contribution is -2.27. The van der Waals surface area contributed by atoms with E-state index in [0.717, 1.165) is 51.6 Å². The molecule has 0 N–H and O–H groups in total. The standard InChI is InChI=1S/C28H30N2OS2/c1-18-9-8-12-21(15-18)30-26(31)24-22-14-13-20(28(2,3)4)16-23(22)33-25(24)29-27(30)32-17-19-10-6-5-7-11-19/h5-12,15,20H,13-14,16-17H2,1-4H3. The molecule has 1 aliphatic rings. The van der Waals surface area contributed by atoms with Crippen molar-refractivity contribution in [2.75, 3.05) is 0 Å². The van der Waals surface area contributed by atoms with E-state index >= 15 is 0 Å². The number of aryl methyl sites for hydroxylation is 2. The van der Waals surface area contributed by atoms with Gasteiger partial charge in [-0.2, -0.15) is 0 Å². The Balaban J connectivity index is 1.65. The molecule has 0 bridgehead atoms. The van der Waals surface area contributed by atoms with Gasteiger partial charge in [0.25, 0.3) is 5.56 Å². The second-order valence-electron chi connectivity index (χ2n) is 10.1. The Kier molecular flexibility index (Phi) is 5.96. The summed E-state index contributed by atoms with van der Waals surface area (Å²) >= 11 is 3.38. The van der Waals surface area contributed by atoms with Crippen molar-refractivity contribution >= 4 is 33.3 Å². The molecule has 2 aromatic heterocycles. The molecule has 2 aromatic carbocycles. The largest absolute Gasteiger partial charge is 0.268 e. The smallest absolute Gasteiger partial charge is 0.267 e. The van der Waals surface area contributed by atoms with E-state index in [1.54, 1.807) is 23.1 Å². The Labute approximate surface area is 203 Å². The van der Waals surface area contributed by atoms with Crippen molar-refractivity contribution in [3.8, 4) is 5.69 Å². The van der Waals surface area contributed by atoms with E-state index in [1.807, 2.05) is 22.8 Å². The van der Waals surface area contributed by atoms with Gasteiger partial charge in [0.15, 0.2) is 5.16 Å². The molecule has 1 unspecified atom stereocenters. The topological polar surface area (TPSA) is 34.9 Å². The molecule has 0 spiro atoms. The van der Waals surface area contributed by atoms with Gasteiger partial charge in [0, 0.05) is 10.6 Å². The molecule has 4 aromatic rings. The van der Waals surface area contributed by atoms with Crippen molar-refractivity contribution in [3.05, 3.63) is 86.5 Å². The van der Waals surface area contributed by atoms with Crippen LogP contribution in [-0.2, 0) is 18.6 Å². The number of aromatic nitrogens is 2. The second-order valence-corrected chi connectivity index (χ2v) is 12.2. The van der Waals surface area contributed by atoms with Crippen LogP contribution < -0.4 is 5.56 Å². The van der Waals surface area contributed by atoms with Crippen LogP contribution in [0.1, 0.15) is 48.8 Å². The lowest BCUT2D eigenvalue weighted by atomic mass is 9.72. The maximum atomic E-state index is 14.0. The van der Waals surface area contributed by atoms with Crippen molar-refractivity contribution in [3.63, 3.8) is 0 Å². The molecule has 3 nitrogen and oxygen atoms in total. The van der Waals surface area contributed by atoms with Gasteiger partial charge in [-0.25, -0.2) is 4.98 Å². The van der Waals surface area contributed by atoms with E-state index in [-0.39, 0.29) is 11.0 Å². The summed E-state index contributed by atoms with van der Waals surface area (Å²) < 4.78 is 1.84. The van der Waals surface area contributed by atoms with Gasteiger partial charge in [-0.1, -0.05) is 75.0 Å². The highest BCUT2D eigenvalue weighted by Crippen LogP contribution is 2.42. The molecule has 1 aliphatic carbocycles. The quantitative estimate of drug-likeness (QED) is 0.232. The Hall–Kier alpha value is -2.37. The van der Waals surface area contributed by atoms with Gasteiger partial charge in [0.2, 0.25) is 0 Å². The minimum Gasteiger partial charge on any atom is -0.268 e. The highest BCUT2D eigenvalue weighted by molar-refractivity contribution is 7.98. The Morgan fingerprint density at radius 2 is 1.91 bits per heavy atom. The number of fused-ring (bicyclic) bond motifs is 3. The van der Waals surface area contributed by atoms with Crippen LogP contribution in [0.2, 0.25) is 0 Å². The van der Waals surface area contributed by atoms with Gasteiger partial charge in [-0.05, 0) is 66.3 Å². The van der Waals surface area contributed by atoms with E-state index in [2.05, 4.69) is 64.1 Å². The number of hydrogen-bond donors (Lipinski definition) is 0. The molecule has 2 heterocycles. The minimum atomic E-state index is 0.0767. The Morgan fingerprint density at radius 3 is 2.64 bits per heavy atom. The molecule has 0 saturated heterocycles. The Bertz CT molecular complexity index is 1360. The molecule has 0 amide bonds.